The summed E-state index contributed by atoms with van der Waals surface area (Å²) in [6.45, 7) is 8.20. The van der Waals surface area contributed by atoms with Gasteiger partial charge in [-0.25, -0.2) is 4.79 Å². The molecule has 3 rings (SSSR count). The lowest BCUT2D eigenvalue weighted by atomic mass is 10.1. The number of thiophene rings is 1. The molecule has 0 radical (unpaired) electrons. The fourth-order valence-electron chi connectivity index (χ4n) is 2.85. The van der Waals surface area contributed by atoms with Crippen molar-refractivity contribution in [1.82, 2.24) is 0 Å². The maximum Gasteiger partial charge on any atom is 0.421 e. The minimum absolute atomic E-state index is 0.0413. The molecule has 0 bridgehead atoms. The lowest BCUT2D eigenvalue weighted by Gasteiger charge is -2.13. The molecule has 0 aliphatic rings. The molecule has 3 aromatic rings. The number of rotatable bonds is 4. The van der Waals surface area contributed by atoms with Crippen molar-refractivity contribution in [3.63, 3.8) is 0 Å². The topological polar surface area (TPSA) is 52.6 Å². The molecule has 152 valence electrons. The average Bonchev–Trinajstić information content (AvgIpc) is 3.01. The molecule has 1 heterocycles. The van der Waals surface area contributed by atoms with Gasteiger partial charge in [-0.2, -0.15) is 13.2 Å². The van der Waals surface area contributed by atoms with Crippen molar-refractivity contribution in [3.8, 4) is 11.5 Å². The van der Waals surface area contributed by atoms with Crippen LogP contribution in [0, 0.1) is 6.92 Å². The second-order valence-electron chi connectivity index (χ2n) is 6.48. The van der Waals surface area contributed by atoms with Gasteiger partial charge in [0, 0.05) is 33.0 Å². The van der Waals surface area contributed by atoms with E-state index in [4.69, 9.17) is 9.47 Å². The number of hydrogen-bond donors (Lipinski definition) is 0. The SMILES string of the molecule is C=C(C)C(=O)Oc1ccc2c(sc3c(C(F)(F)F)c(OC(=O)CC)ccc32)c1C. The zero-order valence-corrected chi connectivity index (χ0v) is 16.7. The Bertz CT molecular complexity index is 1160. The average molecular weight is 422 g/mol. The Labute approximate surface area is 168 Å². The number of ether oxygens (including phenoxy) is 2. The van der Waals surface area contributed by atoms with Crippen LogP contribution in [0.1, 0.15) is 31.4 Å². The van der Waals surface area contributed by atoms with Crippen LogP contribution in [-0.2, 0) is 15.8 Å². The summed E-state index contributed by atoms with van der Waals surface area (Å²) < 4.78 is 52.2. The minimum Gasteiger partial charge on any atom is -0.426 e. The minimum atomic E-state index is -4.72. The zero-order chi connectivity index (χ0) is 21.5. The molecule has 8 heteroatoms. The van der Waals surface area contributed by atoms with Crippen LogP contribution < -0.4 is 9.47 Å². The van der Waals surface area contributed by atoms with Crippen molar-refractivity contribution >= 4 is 43.4 Å². The van der Waals surface area contributed by atoms with Crippen LogP contribution in [0.4, 0.5) is 13.2 Å². The number of benzene rings is 2. The third-order valence-corrected chi connectivity index (χ3v) is 5.68. The first-order chi connectivity index (χ1) is 13.5. The van der Waals surface area contributed by atoms with Gasteiger partial charge in [0.15, 0.2) is 0 Å². The number of carbonyl (C=O) groups excluding carboxylic acids is 2. The highest BCUT2D eigenvalue weighted by Crippen LogP contribution is 2.48. The highest BCUT2D eigenvalue weighted by atomic mass is 32.1. The van der Waals surface area contributed by atoms with E-state index in [2.05, 4.69) is 6.58 Å². The van der Waals surface area contributed by atoms with E-state index in [-0.39, 0.29) is 22.4 Å². The van der Waals surface area contributed by atoms with Gasteiger partial charge in [-0.05, 0) is 38.1 Å². The summed E-state index contributed by atoms with van der Waals surface area (Å²) in [4.78, 5) is 23.4. The molecule has 2 aromatic carbocycles. The number of carbonyl (C=O) groups is 2. The normalized spacial score (nSPS) is 11.7. The highest BCUT2D eigenvalue weighted by Gasteiger charge is 2.38. The molecule has 0 aliphatic carbocycles. The number of esters is 2. The molecule has 0 amide bonds. The van der Waals surface area contributed by atoms with Crippen LogP contribution in [0.25, 0.3) is 20.2 Å². The van der Waals surface area contributed by atoms with Gasteiger partial charge in [0.1, 0.15) is 17.1 Å². The zero-order valence-electron chi connectivity index (χ0n) is 15.9. The first kappa shape index (κ1) is 20.9. The van der Waals surface area contributed by atoms with Gasteiger partial charge in [0.2, 0.25) is 0 Å². The third-order valence-electron chi connectivity index (χ3n) is 4.32. The molecule has 0 atom stereocenters. The van der Waals surface area contributed by atoms with Gasteiger partial charge in [0.25, 0.3) is 0 Å². The Morgan fingerprint density at radius 1 is 1.03 bits per heavy atom. The van der Waals surface area contributed by atoms with E-state index in [1.54, 1.807) is 19.1 Å². The number of fused-ring (bicyclic) bond motifs is 3. The van der Waals surface area contributed by atoms with Crippen LogP contribution in [0.5, 0.6) is 11.5 Å². The van der Waals surface area contributed by atoms with Gasteiger partial charge in [-0.15, -0.1) is 11.3 Å². The van der Waals surface area contributed by atoms with Gasteiger partial charge in [0.05, 0.1) is 4.70 Å². The Kier molecular flexibility index (Phi) is 5.40. The smallest absolute Gasteiger partial charge is 0.421 e. The molecule has 0 N–H and O–H groups in total. The van der Waals surface area contributed by atoms with Crippen molar-refractivity contribution in [2.45, 2.75) is 33.4 Å². The highest BCUT2D eigenvalue weighted by molar-refractivity contribution is 7.26. The summed E-state index contributed by atoms with van der Waals surface area (Å²) in [5.74, 6) is -1.63. The third kappa shape index (κ3) is 3.85. The monoisotopic (exact) mass is 422 g/mol. The van der Waals surface area contributed by atoms with E-state index in [1.807, 2.05) is 0 Å². The quantitative estimate of drug-likeness (QED) is 0.286. The Morgan fingerprint density at radius 2 is 1.62 bits per heavy atom. The summed E-state index contributed by atoms with van der Waals surface area (Å²) in [6, 6.07) is 5.82. The lowest BCUT2D eigenvalue weighted by molar-refractivity contribution is -0.141. The molecule has 0 unspecified atom stereocenters. The van der Waals surface area contributed by atoms with Crippen LogP contribution in [-0.4, -0.2) is 11.9 Å². The van der Waals surface area contributed by atoms with Crippen molar-refractivity contribution in [1.29, 1.82) is 0 Å². The van der Waals surface area contributed by atoms with Crippen LogP contribution >= 0.6 is 11.3 Å². The van der Waals surface area contributed by atoms with E-state index in [0.717, 1.165) is 17.4 Å². The molecular formula is C21H17F3O4S. The van der Waals surface area contributed by atoms with Crippen molar-refractivity contribution in [2.75, 3.05) is 0 Å². The second-order valence-corrected chi connectivity index (χ2v) is 7.50. The Morgan fingerprint density at radius 3 is 2.17 bits per heavy atom. The molecular weight excluding hydrogens is 405 g/mol. The van der Waals surface area contributed by atoms with E-state index in [0.29, 0.717) is 21.0 Å². The maximum absolute atomic E-state index is 13.8. The van der Waals surface area contributed by atoms with E-state index in [9.17, 15) is 22.8 Å². The number of aryl methyl sites for hydroxylation is 1. The Balaban J connectivity index is 2.26. The number of hydrogen-bond acceptors (Lipinski definition) is 5. The summed E-state index contributed by atoms with van der Waals surface area (Å²) >= 11 is 0.915. The molecule has 0 aliphatic heterocycles. The Hall–Kier alpha value is -2.87. The van der Waals surface area contributed by atoms with Gasteiger partial charge in [-0.3, -0.25) is 4.79 Å². The van der Waals surface area contributed by atoms with Crippen LogP contribution in [0.3, 0.4) is 0 Å². The van der Waals surface area contributed by atoms with Gasteiger partial charge >= 0.3 is 18.1 Å². The molecule has 0 spiro atoms. The van der Waals surface area contributed by atoms with E-state index < -0.39 is 29.4 Å². The summed E-state index contributed by atoms with van der Waals surface area (Å²) in [6.07, 6.45) is -4.76. The standard InChI is InChI=1S/C21H17F3O4S/c1-5-16(25)27-15-9-7-13-12-6-8-14(28-20(26)10(2)3)11(4)18(12)29-19(13)17(15)21(22,23)24/h6-9H,2,5H2,1,3-4H3. The van der Waals surface area contributed by atoms with Gasteiger partial charge in [-0.1, -0.05) is 13.5 Å². The molecule has 0 saturated carbocycles. The predicted molar refractivity (Wildman–Crippen MR) is 105 cm³/mol. The van der Waals surface area contributed by atoms with Crippen LogP contribution in [0.15, 0.2) is 36.4 Å². The first-order valence-corrected chi connectivity index (χ1v) is 9.50. The van der Waals surface area contributed by atoms with E-state index >= 15 is 0 Å². The van der Waals surface area contributed by atoms with Gasteiger partial charge < -0.3 is 9.47 Å². The fraction of sp³-hybridized carbons (Fsp3) is 0.238. The fourth-order valence-corrected chi connectivity index (χ4v) is 4.20. The first-order valence-electron chi connectivity index (χ1n) is 8.69. The summed E-state index contributed by atoms with van der Waals surface area (Å²) in [5.41, 5.74) is -0.237. The molecule has 29 heavy (non-hydrogen) atoms. The van der Waals surface area contributed by atoms with Crippen molar-refractivity contribution < 1.29 is 32.2 Å². The molecule has 0 saturated heterocycles. The lowest BCUT2D eigenvalue weighted by Crippen LogP contribution is -2.12. The number of alkyl halides is 3. The maximum atomic E-state index is 13.8. The van der Waals surface area contributed by atoms with Crippen molar-refractivity contribution in [2.24, 2.45) is 0 Å². The van der Waals surface area contributed by atoms with Crippen LogP contribution in [0.2, 0.25) is 0 Å². The second kappa shape index (κ2) is 7.51. The number of halogens is 3. The summed E-state index contributed by atoms with van der Waals surface area (Å²) in [7, 11) is 0. The van der Waals surface area contributed by atoms with Crippen molar-refractivity contribution in [3.05, 3.63) is 47.5 Å². The molecule has 1 aromatic heterocycles. The molecule has 0 fully saturated rings. The predicted octanol–water partition coefficient (Wildman–Crippen LogP) is 6.18. The molecule has 4 nitrogen and oxygen atoms in total. The largest absolute Gasteiger partial charge is 0.426 e. The van der Waals surface area contributed by atoms with E-state index in [1.165, 1.54) is 19.9 Å². The summed E-state index contributed by atoms with van der Waals surface area (Å²) in [5, 5.41) is 0.978.